The zero-order chi connectivity index (χ0) is 15.6. The summed E-state index contributed by atoms with van der Waals surface area (Å²) in [7, 11) is -3.29. The first-order valence-electron chi connectivity index (χ1n) is 7.63. The Hall–Kier alpha value is -0.430. The van der Waals surface area contributed by atoms with Crippen LogP contribution in [0, 0.1) is 11.8 Å². The summed E-state index contributed by atoms with van der Waals surface area (Å²) in [4.78, 5) is 1.13. The highest BCUT2D eigenvalue weighted by molar-refractivity contribution is 7.91. The van der Waals surface area contributed by atoms with Crippen molar-refractivity contribution in [3.63, 3.8) is 0 Å². The van der Waals surface area contributed by atoms with Crippen LogP contribution in [0.5, 0.6) is 0 Å². The Balaban J connectivity index is 2.03. The molecule has 4 nitrogen and oxygen atoms in total. The molecule has 2 atom stereocenters. The van der Waals surface area contributed by atoms with Crippen molar-refractivity contribution >= 4 is 21.4 Å². The van der Waals surface area contributed by atoms with Crippen LogP contribution in [0.4, 0.5) is 0 Å². The molecule has 0 aliphatic carbocycles. The number of thiophene rings is 1. The van der Waals surface area contributed by atoms with Gasteiger partial charge in [-0.1, -0.05) is 27.7 Å². The van der Waals surface area contributed by atoms with Crippen molar-refractivity contribution < 1.29 is 8.42 Å². The van der Waals surface area contributed by atoms with Gasteiger partial charge in [0.05, 0.1) is 0 Å². The number of nitrogens with zero attached hydrogens (tertiary/aromatic N) is 1. The van der Waals surface area contributed by atoms with E-state index >= 15 is 0 Å². The van der Waals surface area contributed by atoms with Crippen LogP contribution in [0.2, 0.25) is 0 Å². The molecule has 0 aromatic carbocycles. The molecule has 1 saturated heterocycles. The van der Waals surface area contributed by atoms with Crippen molar-refractivity contribution in [2.45, 2.75) is 44.4 Å². The van der Waals surface area contributed by atoms with Crippen molar-refractivity contribution in [2.75, 3.05) is 19.6 Å². The van der Waals surface area contributed by atoms with Gasteiger partial charge >= 0.3 is 0 Å². The first-order chi connectivity index (χ1) is 9.80. The second kappa shape index (κ2) is 6.77. The Labute approximate surface area is 132 Å². The summed E-state index contributed by atoms with van der Waals surface area (Å²) in [6, 6.07) is 4.17. The van der Waals surface area contributed by atoms with Crippen LogP contribution in [-0.4, -0.2) is 38.4 Å². The van der Waals surface area contributed by atoms with Gasteiger partial charge in [-0.25, -0.2) is 8.42 Å². The molecule has 2 heterocycles. The number of hydrogen-bond acceptors (Lipinski definition) is 4. The van der Waals surface area contributed by atoms with Crippen LogP contribution in [-0.2, 0) is 16.4 Å². The van der Waals surface area contributed by atoms with Crippen molar-refractivity contribution in [1.29, 1.82) is 0 Å². The molecule has 1 aromatic rings. The summed E-state index contributed by atoms with van der Waals surface area (Å²) in [5, 5.41) is 3.36. The number of rotatable bonds is 6. The topological polar surface area (TPSA) is 49.4 Å². The maximum Gasteiger partial charge on any atom is 0.252 e. The van der Waals surface area contributed by atoms with Gasteiger partial charge in [0.1, 0.15) is 4.21 Å². The normalized spacial score (nSPS) is 24.0. The van der Waals surface area contributed by atoms with E-state index in [0.717, 1.165) is 17.8 Å². The molecular formula is C15H26N2O2S2. The van der Waals surface area contributed by atoms with Gasteiger partial charge in [0.2, 0.25) is 0 Å². The van der Waals surface area contributed by atoms with E-state index in [2.05, 4.69) is 33.0 Å². The molecule has 120 valence electrons. The highest BCUT2D eigenvalue weighted by Gasteiger charge is 2.35. The molecule has 6 heteroatoms. The molecule has 1 aliphatic heterocycles. The van der Waals surface area contributed by atoms with Crippen LogP contribution in [0.3, 0.4) is 0 Å². The fraction of sp³-hybridized carbons (Fsp3) is 0.733. The molecule has 1 aromatic heterocycles. The molecule has 2 rings (SSSR count). The molecular weight excluding hydrogens is 304 g/mol. The van der Waals surface area contributed by atoms with Gasteiger partial charge in [-0.05, 0) is 30.4 Å². The Morgan fingerprint density at radius 3 is 2.48 bits per heavy atom. The minimum absolute atomic E-state index is 0.439. The zero-order valence-electron chi connectivity index (χ0n) is 13.3. The van der Waals surface area contributed by atoms with Crippen molar-refractivity contribution in [3.8, 4) is 0 Å². The van der Waals surface area contributed by atoms with Gasteiger partial charge in [-0.3, -0.25) is 0 Å². The second-order valence-corrected chi connectivity index (χ2v) is 9.69. The maximum atomic E-state index is 12.6. The molecule has 0 spiro atoms. The van der Waals surface area contributed by atoms with E-state index in [1.807, 2.05) is 6.07 Å². The maximum absolute atomic E-state index is 12.6. The predicted octanol–water partition coefficient (Wildman–Crippen LogP) is 2.57. The molecule has 0 saturated carbocycles. The number of nitrogens with one attached hydrogen (secondary N) is 1. The third-order valence-corrected chi connectivity index (χ3v) is 7.55. The summed E-state index contributed by atoms with van der Waals surface area (Å²) in [6.45, 7) is 10.6. The number of hydrogen-bond donors (Lipinski definition) is 1. The lowest BCUT2D eigenvalue weighted by molar-refractivity contribution is 0.465. The minimum Gasteiger partial charge on any atom is -0.314 e. The van der Waals surface area contributed by atoms with Crippen molar-refractivity contribution in [1.82, 2.24) is 9.62 Å². The van der Waals surface area contributed by atoms with Crippen LogP contribution in [0.25, 0.3) is 0 Å². The highest BCUT2D eigenvalue weighted by atomic mass is 32.2. The molecule has 0 bridgehead atoms. The van der Waals surface area contributed by atoms with Gasteiger partial charge < -0.3 is 5.32 Å². The monoisotopic (exact) mass is 330 g/mol. The fourth-order valence-electron chi connectivity index (χ4n) is 2.52. The average molecular weight is 331 g/mol. The van der Waals surface area contributed by atoms with Crippen LogP contribution >= 0.6 is 11.3 Å². The zero-order valence-corrected chi connectivity index (χ0v) is 14.9. The predicted molar refractivity (Wildman–Crippen MR) is 88.2 cm³/mol. The first-order valence-corrected chi connectivity index (χ1v) is 9.88. The van der Waals surface area contributed by atoms with Gasteiger partial charge in [0, 0.05) is 30.6 Å². The SMILES string of the molecule is CC(C)NCCc1ccc(S(=O)(=O)N2CC(C)C(C)C2)s1. The Bertz CT molecular complexity index is 556. The lowest BCUT2D eigenvalue weighted by Gasteiger charge is -2.14. The molecule has 1 N–H and O–H groups in total. The molecule has 0 amide bonds. The van der Waals surface area contributed by atoms with E-state index in [0.29, 0.717) is 35.2 Å². The summed E-state index contributed by atoms with van der Waals surface area (Å²) in [6.07, 6.45) is 0.880. The second-order valence-electron chi connectivity index (χ2n) is 6.36. The van der Waals surface area contributed by atoms with Gasteiger partial charge in [0.25, 0.3) is 10.0 Å². The third-order valence-electron chi connectivity index (χ3n) is 4.11. The van der Waals surface area contributed by atoms with Gasteiger partial charge in [0.15, 0.2) is 0 Å². The standard InChI is InChI=1S/C15H26N2O2S2/c1-11(2)16-8-7-14-5-6-15(20-14)21(18,19)17-9-12(3)13(4)10-17/h5-6,11-13,16H,7-10H2,1-4H3. The van der Waals surface area contributed by atoms with E-state index in [9.17, 15) is 8.42 Å². The Kier molecular flexibility index (Phi) is 5.46. The van der Waals surface area contributed by atoms with Gasteiger partial charge in [-0.15, -0.1) is 11.3 Å². The van der Waals surface area contributed by atoms with Crippen molar-refractivity contribution in [2.24, 2.45) is 11.8 Å². The molecule has 21 heavy (non-hydrogen) atoms. The summed E-state index contributed by atoms with van der Waals surface area (Å²) < 4.78 is 27.4. The highest BCUT2D eigenvalue weighted by Crippen LogP contribution is 2.31. The van der Waals surface area contributed by atoms with E-state index < -0.39 is 10.0 Å². The van der Waals surface area contributed by atoms with E-state index in [4.69, 9.17) is 0 Å². The van der Waals surface area contributed by atoms with E-state index in [-0.39, 0.29) is 0 Å². The fourth-order valence-corrected chi connectivity index (χ4v) is 5.67. The number of sulfonamides is 1. The van der Waals surface area contributed by atoms with Crippen LogP contribution in [0.15, 0.2) is 16.3 Å². The van der Waals surface area contributed by atoms with E-state index in [1.54, 1.807) is 10.4 Å². The molecule has 0 radical (unpaired) electrons. The van der Waals surface area contributed by atoms with Crippen LogP contribution < -0.4 is 5.32 Å². The first kappa shape index (κ1) is 16.9. The van der Waals surface area contributed by atoms with Crippen LogP contribution in [0.1, 0.15) is 32.6 Å². The quantitative estimate of drug-likeness (QED) is 0.872. The Morgan fingerprint density at radius 1 is 1.29 bits per heavy atom. The summed E-state index contributed by atoms with van der Waals surface area (Å²) in [5.41, 5.74) is 0. The Morgan fingerprint density at radius 2 is 1.90 bits per heavy atom. The largest absolute Gasteiger partial charge is 0.314 e. The van der Waals surface area contributed by atoms with Crippen molar-refractivity contribution in [3.05, 3.63) is 17.0 Å². The lowest BCUT2D eigenvalue weighted by Crippen LogP contribution is -2.28. The molecule has 1 fully saturated rings. The lowest BCUT2D eigenvalue weighted by atomic mass is 10.0. The smallest absolute Gasteiger partial charge is 0.252 e. The minimum atomic E-state index is -3.29. The summed E-state index contributed by atoms with van der Waals surface area (Å²) in [5.74, 6) is 0.879. The molecule has 2 unspecified atom stereocenters. The average Bonchev–Trinajstić information content (AvgIpc) is 2.98. The summed E-state index contributed by atoms with van der Waals surface area (Å²) >= 11 is 1.41. The third kappa shape index (κ3) is 4.06. The molecule has 1 aliphatic rings. The van der Waals surface area contributed by atoms with Gasteiger partial charge in [-0.2, -0.15) is 4.31 Å². The van der Waals surface area contributed by atoms with E-state index in [1.165, 1.54) is 11.3 Å².